The topological polar surface area (TPSA) is 46.0 Å². The third kappa shape index (κ3) is 3.59. The standard InChI is InChI=1S/C14H28BrN5/c1-7-10-16-12(11-13(15)17-18-19(11)6)14(4,5)20(8-2)9-3/h12,16H,7-10H2,1-6H3. The number of halogens is 1. The van der Waals surface area contributed by atoms with E-state index in [1.165, 1.54) is 0 Å². The Kier molecular flexibility index (Phi) is 6.61. The summed E-state index contributed by atoms with van der Waals surface area (Å²) < 4.78 is 2.69. The van der Waals surface area contributed by atoms with E-state index in [1.807, 2.05) is 11.7 Å². The minimum Gasteiger partial charge on any atom is -0.307 e. The van der Waals surface area contributed by atoms with Crippen LogP contribution in [0.1, 0.15) is 52.8 Å². The van der Waals surface area contributed by atoms with E-state index in [0.29, 0.717) is 0 Å². The minimum atomic E-state index is -0.0172. The molecule has 1 N–H and O–H groups in total. The largest absolute Gasteiger partial charge is 0.307 e. The molecule has 1 atom stereocenters. The Morgan fingerprint density at radius 3 is 2.30 bits per heavy atom. The van der Waals surface area contributed by atoms with Gasteiger partial charge in [0.15, 0.2) is 4.60 Å². The molecule has 6 heteroatoms. The molecule has 0 saturated carbocycles. The molecule has 0 fully saturated rings. The molecule has 0 aliphatic carbocycles. The summed E-state index contributed by atoms with van der Waals surface area (Å²) in [6.07, 6.45) is 1.10. The zero-order chi connectivity index (χ0) is 15.3. The second-order valence-corrected chi connectivity index (χ2v) is 6.35. The van der Waals surface area contributed by atoms with Gasteiger partial charge in [-0.25, -0.2) is 4.68 Å². The van der Waals surface area contributed by atoms with Crippen molar-refractivity contribution in [3.63, 3.8) is 0 Å². The van der Waals surface area contributed by atoms with Gasteiger partial charge >= 0.3 is 0 Å². The summed E-state index contributed by atoms with van der Waals surface area (Å²) in [7, 11) is 1.95. The number of nitrogens with one attached hydrogen (secondary N) is 1. The maximum atomic E-state index is 4.14. The second kappa shape index (κ2) is 7.52. The first-order valence-electron chi connectivity index (χ1n) is 7.43. The zero-order valence-electron chi connectivity index (χ0n) is 13.6. The van der Waals surface area contributed by atoms with Gasteiger partial charge < -0.3 is 5.32 Å². The van der Waals surface area contributed by atoms with Gasteiger partial charge in [-0.15, -0.1) is 5.10 Å². The molecule has 1 aromatic heterocycles. The predicted octanol–water partition coefficient (Wildman–Crippen LogP) is 2.74. The highest BCUT2D eigenvalue weighted by atomic mass is 79.9. The summed E-state index contributed by atoms with van der Waals surface area (Å²) in [5.41, 5.74) is 1.09. The predicted molar refractivity (Wildman–Crippen MR) is 86.7 cm³/mol. The van der Waals surface area contributed by atoms with Crippen molar-refractivity contribution in [3.05, 3.63) is 10.3 Å². The third-order valence-corrected chi connectivity index (χ3v) is 4.55. The highest BCUT2D eigenvalue weighted by Gasteiger charge is 2.38. The Balaban J connectivity index is 3.18. The van der Waals surface area contributed by atoms with Crippen LogP contribution in [0.4, 0.5) is 0 Å². The van der Waals surface area contributed by atoms with E-state index < -0.39 is 0 Å². The molecule has 20 heavy (non-hydrogen) atoms. The van der Waals surface area contributed by atoms with Crippen LogP contribution in [-0.4, -0.2) is 45.1 Å². The van der Waals surface area contributed by atoms with E-state index in [-0.39, 0.29) is 11.6 Å². The summed E-state index contributed by atoms with van der Waals surface area (Å²) in [5, 5.41) is 11.9. The maximum absolute atomic E-state index is 4.14. The van der Waals surface area contributed by atoms with Crippen molar-refractivity contribution in [2.24, 2.45) is 7.05 Å². The molecule has 1 rings (SSSR count). The van der Waals surface area contributed by atoms with Gasteiger partial charge in [0.1, 0.15) is 0 Å². The van der Waals surface area contributed by atoms with Crippen LogP contribution >= 0.6 is 15.9 Å². The lowest BCUT2D eigenvalue weighted by molar-refractivity contribution is 0.0876. The second-order valence-electron chi connectivity index (χ2n) is 5.60. The molecule has 0 aliphatic heterocycles. The molecule has 0 radical (unpaired) electrons. The highest BCUT2D eigenvalue weighted by Crippen LogP contribution is 2.33. The van der Waals surface area contributed by atoms with Crippen LogP contribution in [0.2, 0.25) is 0 Å². The Hall–Kier alpha value is -0.460. The van der Waals surface area contributed by atoms with Gasteiger partial charge in [-0.2, -0.15) is 0 Å². The van der Waals surface area contributed by atoms with E-state index in [9.17, 15) is 0 Å². The third-order valence-electron chi connectivity index (χ3n) is 3.98. The summed E-state index contributed by atoms with van der Waals surface area (Å²) in [5.74, 6) is 0. The lowest BCUT2D eigenvalue weighted by atomic mass is 9.89. The minimum absolute atomic E-state index is 0.0172. The van der Waals surface area contributed by atoms with Gasteiger partial charge in [0.25, 0.3) is 0 Å². The lowest BCUT2D eigenvalue weighted by Crippen LogP contribution is -2.53. The number of likely N-dealkylation sites (N-methyl/N-ethyl adjacent to an activating group) is 1. The van der Waals surface area contributed by atoms with Gasteiger partial charge in [0, 0.05) is 12.6 Å². The van der Waals surface area contributed by atoms with Crippen molar-refractivity contribution in [3.8, 4) is 0 Å². The van der Waals surface area contributed by atoms with Crippen LogP contribution in [0.3, 0.4) is 0 Å². The van der Waals surface area contributed by atoms with E-state index in [1.54, 1.807) is 0 Å². The molecular formula is C14H28BrN5. The first-order valence-corrected chi connectivity index (χ1v) is 8.22. The monoisotopic (exact) mass is 345 g/mol. The zero-order valence-corrected chi connectivity index (χ0v) is 15.2. The number of aryl methyl sites for hydroxylation is 1. The first-order chi connectivity index (χ1) is 9.39. The Morgan fingerprint density at radius 2 is 1.90 bits per heavy atom. The first kappa shape index (κ1) is 17.6. The average Bonchev–Trinajstić information content (AvgIpc) is 2.72. The quantitative estimate of drug-likeness (QED) is 0.786. The fourth-order valence-corrected chi connectivity index (χ4v) is 3.39. The molecule has 5 nitrogen and oxygen atoms in total. The number of nitrogens with zero attached hydrogens (tertiary/aromatic N) is 4. The van der Waals surface area contributed by atoms with Crippen molar-refractivity contribution in [2.45, 2.75) is 52.6 Å². The van der Waals surface area contributed by atoms with Gasteiger partial charge in [-0.05, 0) is 55.8 Å². The number of hydrogen-bond acceptors (Lipinski definition) is 4. The summed E-state index contributed by atoms with van der Waals surface area (Å²) >= 11 is 3.54. The summed E-state index contributed by atoms with van der Waals surface area (Å²) in [6.45, 7) is 14.2. The maximum Gasteiger partial charge on any atom is 0.153 e. The molecule has 0 saturated heterocycles. The van der Waals surface area contributed by atoms with E-state index in [2.05, 4.69) is 71.1 Å². The average molecular weight is 346 g/mol. The van der Waals surface area contributed by atoms with Crippen molar-refractivity contribution in [2.75, 3.05) is 19.6 Å². The fraction of sp³-hybridized carbons (Fsp3) is 0.857. The molecule has 116 valence electrons. The number of rotatable bonds is 8. The highest BCUT2D eigenvalue weighted by molar-refractivity contribution is 9.10. The van der Waals surface area contributed by atoms with Crippen LogP contribution in [0.25, 0.3) is 0 Å². The normalized spacial score (nSPS) is 14.0. The van der Waals surface area contributed by atoms with Crippen LogP contribution in [-0.2, 0) is 7.05 Å². The van der Waals surface area contributed by atoms with Crippen LogP contribution in [0, 0.1) is 0 Å². The molecule has 0 amide bonds. The molecule has 0 spiro atoms. The van der Waals surface area contributed by atoms with Crippen LogP contribution in [0.15, 0.2) is 4.60 Å². The molecule has 1 aromatic rings. The number of aromatic nitrogens is 3. The Labute approximate surface area is 131 Å². The molecule has 1 unspecified atom stereocenters. The van der Waals surface area contributed by atoms with Gasteiger partial charge in [-0.3, -0.25) is 4.90 Å². The molecule has 0 aliphatic rings. The van der Waals surface area contributed by atoms with E-state index >= 15 is 0 Å². The van der Waals surface area contributed by atoms with Gasteiger partial charge in [0.2, 0.25) is 0 Å². The van der Waals surface area contributed by atoms with Crippen molar-refractivity contribution in [1.29, 1.82) is 0 Å². The van der Waals surface area contributed by atoms with Gasteiger partial charge in [-0.1, -0.05) is 26.0 Å². The van der Waals surface area contributed by atoms with Crippen molar-refractivity contribution in [1.82, 2.24) is 25.2 Å². The Bertz CT molecular complexity index is 392. The summed E-state index contributed by atoms with van der Waals surface area (Å²) in [4.78, 5) is 2.47. The molecule has 1 heterocycles. The van der Waals surface area contributed by atoms with Crippen LogP contribution in [0.5, 0.6) is 0 Å². The van der Waals surface area contributed by atoms with Crippen molar-refractivity contribution < 1.29 is 0 Å². The van der Waals surface area contributed by atoms with Crippen LogP contribution < -0.4 is 5.32 Å². The smallest absolute Gasteiger partial charge is 0.153 e. The van der Waals surface area contributed by atoms with Crippen molar-refractivity contribution >= 4 is 15.9 Å². The number of hydrogen-bond donors (Lipinski definition) is 1. The molecular weight excluding hydrogens is 318 g/mol. The van der Waals surface area contributed by atoms with Gasteiger partial charge in [0.05, 0.1) is 11.7 Å². The summed E-state index contributed by atoms with van der Waals surface area (Å²) in [6, 6.07) is 0.178. The van der Waals surface area contributed by atoms with E-state index in [0.717, 1.165) is 36.4 Å². The lowest BCUT2D eigenvalue weighted by Gasteiger charge is -2.43. The molecule has 0 bridgehead atoms. The molecule has 0 aromatic carbocycles. The Morgan fingerprint density at radius 1 is 1.30 bits per heavy atom. The fourth-order valence-electron chi connectivity index (χ4n) is 2.84. The van der Waals surface area contributed by atoms with E-state index in [4.69, 9.17) is 0 Å². The SMILES string of the molecule is CCCNC(c1c(Br)nnn1C)C(C)(C)N(CC)CC.